The monoisotopic (exact) mass is 196 g/mol. The van der Waals surface area contributed by atoms with Crippen molar-refractivity contribution in [3.05, 3.63) is 60.2 Å². The number of hydrogen-bond acceptors (Lipinski definition) is 1. The van der Waals surface area contributed by atoms with Crippen molar-refractivity contribution in [1.29, 1.82) is 0 Å². The summed E-state index contributed by atoms with van der Waals surface area (Å²) in [6.07, 6.45) is 0. The molecule has 0 saturated carbocycles. The minimum atomic E-state index is 0.629. The van der Waals surface area contributed by atoms with E-state index in [9.17, 15) is 0 Å². The molecule has 0 saturated heterocycles. The van der Waals surface area contributed by atoms with Crippen LogP contribution in [0.4, 0.5) is 0 Å². The van der Waals surface area contributed by atoms with Gasteiger partial charge in [-0.2, -0.15) is 0 Å². The lowest BCUT2D eigenvalue weighted by molar-refractivity contribution is 0.306. The van der Waals surface area contributed by atoms with Gasteiger partial charge in [0.15, 0.2) is 0 Å². The normalized spacial score (nSPS) is 9.87. The summed E-state index contributed by atoms with van der Waals surface area (Å²) in [6, 6.07) is 18.3. The van der Waals surface area contributed by atoms with Crippen molar-refractivity contribution in [1.82, 2.24) is 0 Å². The van der Waals surface area contributed by atoms with Gasteiger partial charge in [0.25, 0.3) is 0 Å². The van der Waals surface area contributed by atoms with Crippen LogP contribution in [-0.4, -0.2) is 7.85 Å². The molecule has 0 amide bonds. The maximum absolute atomic E-state index is 5.65. The van der Waals surface area contributed by atoms with Gasteiger partial charge in [-0.15, -0.1) is 0 Å². The average molecular weight is 196 g/mol. The zero-order valence-electron chi connectivity index (χ0n) is 8.81. The Labute approximate surface area is 91.1 Å². The molecule has 74 valence electrons. The molecule has 15 heavy (non-hydrogen) atoms. The Kier molecular flexibility index (Phi) is 3.08. The third kappa shape index (κ3) is 2.88. The van der Waals surface area contributed by atoms with E-state index in [0.29, 0.717) is 6.61 Å². The van der Waals surface area contributed by atoms with Crippen molar-refractivity contribution in [2.45, 2.75) is 6.61 Å². The molecule has 0 aliphatic carbocycles. The number of benzene rings is 2. The van der Waals surface area contributed by atoms with Gasteiger partial charge in [0.05, 0.1) is 0 Å². The van der Waals surface area contributed by atoms with Crippen LogP contribution >= 0.6 is 0 Å². The Hall–Kier alpha value is -1.70. The first-order valence-electron chi connectivity index (χ1n) is 5.08. The Balaban J connectivity index is 1.96. The lowest BCUT2D eigenvalue weighted by Crippen LogP contribution is -2.01. The fourth-order valence-corrected chi connectivity index (χ4v) is 1.38. The Morgan fingerprint density at radius 2 is 1.53 bits per heavy atom. The molecule has 0 N–H and O–H groups in total. The second-order valence-electron chi connectivity index (χ2n) is 3.59. The van der Waals surface area contributed by atoms with Gasteiger partial charge in [-0.3, -0.25) is 0 Å². The first kappa shape index (κ1) is 9.84. The molecule has 0 aliphatic heterocycles. The van der Waals surface area contributed by atoms with E-state index in [1.54, 1.807) is 0 Å². The molecule has 0 bridgehead atoms. The van der Waals surface area contributed by atoms with E-state index in [4.69, 9.17) is 4.74 Å². The number of hydrogen-bond donors (Lipinski definition) is 0. The summed E-state index contributed by atoms with van der Waals surface area (Å²) in [5, 5.41) is 0. The molecule has 1 nitrogen and oxygen atoms in total. The summed E-state index contributed by atoms with van der Waals surface area (Å²) in [5.41, 5.74) is 2.44. The second-order valence-corrected chi connectivity index (χ2v) is 3.59. The van der Waals surface area contributed by atoms with Gasteiger partial charge in [0, 0.05) is 0 Å². The minimum Gasteiger partial charge on any atom is -0.489 e. The summed E-state index contributed by atoms with van der Waals surface area (Å²) in [4.78, 5) is 0. The summed E-state index contributed by atoms with van der Waals surface area (Å²) in [7, 11) is 2.07. The summed E-state index contributed by atoms with van der Waals surface area (Å²) in [5.74, 6) is 0.921. The van der Waals surface area contributed by atoms with Crippen molar-refractivity contribution in [3.8, 4) is 5.75 Å². The van der Waals surface area contributed by atoms with Gasteiger partial charge < -0.3 is 4.74 Å². The minimum absolute atomic E-state index is 0.629. The topological polar surface area (TPSA) is 9.23 Å². The molecular weight excluding hydrogens is 183 g/mol. The smallest absolute Gasteiger partial charge is 0.139 e. The van der Waals surface area contributed by atoms with Crippen LogP contribution < -0.4 is 10.2 Å². The molecular formula is C13H13BO. The molecule has 2 heteroatoms. The Morgan fingerprint density at radius 3 is 2.20 bits per heavy atom. The van der Waals surface area contributed by atoms with Crippen LogP contribution in [0, 0.1) is 0 Å². The fourth-order valence-electron chi connectivity index (χ4n) is 1.38. The highest BCUT2D eigenvalue weighted by Gasteiger charge is 1.94. The van der Waals surface area contributed by atoms with Crippen LogP contribution in [0.5, 0.6) is 5.75 Å². The van der Waals surface area contributed by atoms with Crippen LogP contribution in [0.1, 0.15) is 5.56 Å². The molecule has 0 atom stereocenters. The van der Waals surface area contributed by atoms with E-state index in [1.165, 1.54) is 11.0 Å². The number of ether oxygens (including phenoxy) is 1. The van der Waals surface area contributed by atoms with Crippen LogP contribution in [0.25, 0.3) is 0 Å². The molecule has 2 aromatic carbocycles. The molecule has 0 aliphatic rings. The van der Waals surface area contributed by atoms with Crippen LogP contribution in [0.3, 0.4) is 0 Å². The van der Waals surface area contributed by atoms with Crippen molar-refractivity contribution in [2.24, 2.45) is 0 Å². The van der Waals surface area contributed by atoms with E-state index >= 15 is 0 Å². The van der Waals surface area contributed by atoms with Crippen molar-refractivity contribution >= 4 is 13.3 Å². The van der Waals surface area contributed by atoms with Gasteiger partial charge in [-0.05, 0) is 17.7 Å². The van der Waals surface area contributed by atoms with Gasteiger partial charge in [-0.25, -0.2) is 0 Å². The van der Waals surface area contributed by atoms with E-state index < -0.39 is 0 Å². The van der Waals surface area contributed by atoms with E-state index in [0.717, 1.165) is 5.75 Å². The van der Waals surface area contributed by atoms with Crippen molar-refractivity contribution in [2.75, 3.05) is 0 Å². The molecule has 2 aromatic rings. The molecule has 0 unspecified atom stereocenters. The third-order valence-electron chi connectivity index (χ3n) is 2.27. The first-order chi connectivity index (χ1) is 7.34. The standard InChI is InChI=1S/C13H13BO/c14-12-6-8-13(9-7-12)15-10-11-4-2-1-3-5-11/h1-9H,10,14H2. The SMILES string of the molecule is Bc1ccc(OCc2ccccc2)cc1. The second kappa shape index (κ2) is 4.69. The quantitative estimate of drug-likeness (QED) is 0.676. The van der Waals surface area contributed by atoms with Gasteiger partial charge >= 0.3 is 0 Å². The maximum Gasteiger partial charge on any atom is 0.139 e. The van der Waals surface area contributed by atoms with Crippen molar-refractivity contribution < 1.29 is 4.74 Å². The van der Waals surface area contributed by atoms with Gasteiger partial charge in [0.1, 0.15) is 20.2 Å². The van der Waals surface area contributed by atoms with Crippen molar-refractivity contribution in [3.63, 3.8) is 0 Å². The highest BCUT2D eigenvalue weighted by atomic mass is 16.5. The van der Waals surface area contributed by atoms with Crippen LogP contribution in [0.2, 0.25) is 0 Å². The molecule has 2 rings (SSSR count). The largest absolute Gasteiger partial charge is 0.489 e. The Bertz CT molecular complexity index is 408. The van der Waals surface area contributed by atoms with Crippen LogP contribution in [-0.2, 0) is 6.61 Å². The fraction of sp³-hybridized carbons (Fsp3) is 0.0769. The zero-order valence-corrected chi connectivity index (χ0v) is 8.81. The van der Waals surface area contributed by atoms with Gasteiger partial charge in [0.2, 0.25) is 0 Å². The summed E-state index contributed by atoms with van der Waals surface area (Å²) >= 11 is 0. The summed E-state index contributed by atoms with van der Waals surface area (Å²) in [6.45, 7) is 0.629. The van der Waals surface area contributed by atoms with Gasteiger partial charge in [-0.1, -0.05) is 47.9 Å². The lowest BCUT2D eigenvalue weighted by atomic mass is 9.97. The molecule has 0 fully saturated rings. The number of rotatable bonds is 3. The average Bonchev–Trinajstić information content (AvgIpc) is 2.30. The molecule has 0 radical (unpaired) electrons. The maximum atomic E-state index is 5.65. The third-order valence-corrected chi connectivity index (χ3v) is 2.27. The predicted octanol–water partition coefficient (Wildman–Crippen LogP) is 1.52. The van der Waals surface area contributed by atoms with E-state index in [2.05, 4.69) is 32.1 Å². The summed E-state index contributed by atoms with van der Waals surface area (Å²) < 4.78 is 5.65. The predicted molar refractivity (Wildman–Crippen MR) is 65.4 cm³/mol. The van der Waals surface area contributed by atoms with E-state index in [-0.39, 0.29) is 0 Å². The van der Waals surface area contributed by atoms with Crippen LogP contribution in [0.15, 0.2) is 54.6 Å². The lowest BCUT2D eigenvalue weighted by Gasteiger charge is -2.06. The Morgan fingerprint density at radius 1 is 0.867 bits per heavy atom. The first-order valence-corrected chi connectivity index (χ1v) is 5.08. The highest BCUT2D eigenvalue weighted by molar-refractivity contribution is 6.32. The molecule has 0 heterocycles. The highest BCUT2D eigenvalue weighted by Crippen LogP contribution is 2.10. The van der Waals surface area contributed by atoms with E-state index in [1.807, 2.05) is 30.3 Å². The molecule has 0 aromatic heterocycles. The molecule has 0 spiro atoms. The zero-order chi connectivity index (χ0) is 10.5.